The summed E-state index contributed by atoms with van der Waals surface area (Å²) in [6, 6.07) is 8.57. The number of halogens is 1. The van der Waals surface area contributed by atoms with Crippen molar-refractivity contribution in [1.82, 2.24) is 5.43 Å². The molecule has 3 N–H and O–H groups in total. The van der Waals surface area contributed by atoms with Gasteiger partial charge in [-0.2, -0.15) is 0 Å². The summed E-state index contributed by atoms with van der Waals surface area (Å²) in [5.41, 5.74) is 5.20. The SMILES string of the molecule is Cc1ccc(C(C)NN)cc1.Cl. The van der Waals surface area contributed by atoms with E-state index in [4.69, 9.17) is 5.84 Å². The Morgan fingerprint density at radius 3 is 2.17 bits per heavy atom. The predicted octanol–water partition coefficient (Wildman–Crippen LogP) is 1.94. The molecule has 1 rings (SSSR count). The van der Waals surface area contributed by atoms with Gasteiger partial charge in [0.25, 0.3) is 0 Å². The Balaban J connectivity index is 0.00000121. The lowest BCUT2D eigenvalue weighted by Gasteiger charge is -2.09. The molecule has 0 aliphatic rings. The lowest BCUT2D eigenvalue weighted by atomic mass is 10.1. The molecule has 1 aromatic carbocycles. The molecule has 2 nitrogen and oxygen atoms in total. The molecule has 12 heavy (non-hydrogen) atoms. The van der Waals surface area contributed by atoms with Gasteiger partial charge in [-0.15, -0.1) is 12.4 Å². The summed E-state index contributed by atoms with van der Waals surface area (Å²) < 4.78 is 0. The maximum Gasteiger partial charge on any atom is 0.0431 e. The van der Waals surface area contributed by atoms with Crippen molar-refractivity contribution >= 4 is 12.4 Å². The van der Waals surface area contributed by atoms with Crippen molar-refractivity contribution in [1.29, 1.82) is 0 Å². The molecule has 1 aromatic rings. The van der Waals surface area contributed by atoms with Gasteiger partial charge in [-0.25, -0.2) is 0 Å². The number of hydrogen-bond acceptors (Lipinski definition) is 2. The van der Waals surface area contributed by atoms with Crippen LogP contribution in [-0.4, -0.2) is 0 Å². The zero-order valence-corrected chi connectivity index (χ0v) is 8.19. The van der Waals surface area contributed by atoms with E-state index < -0.39 is 0 Å². The van der Waals surface area contributed by atoms with Crippen LogP contribution in [0.3, 0.4) is 0 Å². The molecule has 1 atom stereocenters. The van der Waals surface area contributed by atoms with Gasteiger partial charge >= 0.3 is 0 Å². The Kier molecular flexibility index (Phi) is 4.90. The second kappa shape index (κ2) is 5.14. The third-order valence-corrected chi connectivity index (χ3v) is 1.83. The van der Waals surface area contributed by atoms with Crippen molar-refractivity contribution in [3.8, 4) is 0 Å². The first kappa shape index (κ1) is 11.4. The van der Waals surface area contributed by atoms with Crippen molar-refractivity contribution in [2.24, 2.45) is 5.84 Å². The van der Waals surface area contributed by atoms with Crippen LogP contribution in [0.5, 0.6) is 0 Å². The molecule has 0 aromatic heterocycles. The molecule has 0 spiro atoms. The average Bonchev–Trinajstić information content (AvgIpc) is 2.05. The smallest absolute Gasteiger partial charge is 0.0431 e. The summed E-state index contributed by atoms with van der Waals surface area (Å²) in [6.45, 7) is 4.11. The number of aryl methyl sites for hydroxylation is 1. The van der Waals surface area contributed by atoms with E-state index in [1.807, 2.05) is 6.92 Å². The topological polar surface area (TPSA) is 38.0 Å². The molecule has 1 unspecified atom stereocenters. The average molecular weight is 187 g/mol. The molecule has 0 fully saturated rings. The van der Waals surface area contributed by atoms with E-state index in [1.165, 1.54) is 11.1 Å². The van der Waals surface area contributed by atoms with Gasteiger partial charge in [-0.05, 0) is 19.4 Å². The van der Waals surface area contributed by atoms with Crippen LogP contribution in [0.2, 0.25) is 0 Å². The Bertz CT molecular complexity index is 220. The number of rotatable bonds is 2. The molecule has 0 amide bonds. The van der Waals surface area contributed by atoms with Gasteiger partial charge in [0.1, 0.15) is 0 Å². The summed E-state index contributed by atoms with van der Waals surface area (Å²) in [5, 5.41) is 0. The van der Waals surface area contributed by atoms with Gasteiger partial charge in [-0.3, -0.25) is 11.3 Å². The normalized spacial score (nSPS) is 11.9. The van der Waals surface area contributed by atoms with Gasteiger partial charge in [0.2, 0.25) is 0 Å². The number of hydrazine groups is 1. The maximum absolute atomic E-state index is 5.29. The minimum absolute atomic E-state index is 0. The minimum Gasteiger partial charge on any atom is -0.271 e. The molecule has 0 aliphatic carbocycles. The molecule has 0 heterocycles. The zero-order chi connectivity index (χ0) is 8.27. The third kappa shape index (κ3) is 2.81. The number of nitrogens with two attached hydrogens (primary N) is 1. The summed E-state index contributed by atoms with van der Waals surface area (Å²) in [5.74, 6) is 5.29. The van der Waals surface area contributed by atoms with E-state index in [0.717, 1.165) is 0 Å². The third-order valence-electron chi connectivity index (χ3n) is 1.83. The summed E-state index contributed by atoms with van der Waals surface area (Å²) >= 11 is 0. The van der Waals surface area contributed by atoms with Gasteiger partial charge in [0, 0.05) is 6.04 Å². The Hall–Kier alpha value is -0.570. The fourth-order valence-corrected chi connectivity index (χ4v) is 0.951. The largest absolute Gasteiger partial charge is 0.271 e. The molecule has 0 saturated carbocycles. The lowest BCUT2D eigenvalue weighted by Crippen LogP contribution is -2.25. The van der Waals surface area contributed by atoms with E-state index in [9.17, 15) is 0 Å². The van der Waals surface area contributed by atoms with Gasteiger partial charge in [0.05, 0.1) is 0 Å². The second-order valence-corrected chi connectivity index (χ2v) is 2.80. The monoisotopic (exact) mass is 186 g/mol. The highest BCUT2D eigenvalue weighted by atomic mass is 35.5. The first-order chi connectivity index (χ1) is 5.24. The molecular weight excluding hydrogens is 172 g/mol. The predicted molar refractivity (Wildman–Crippen MR) is 54.2 cm³/mol. The molecule has 0 bridgehead atoms. The summed E-state index contributed by atoms with van der Waals surface area (Å²) in [4.78, 5) is 0. The molecule has 0 aliphatic heterocycles. The Labute approximate surface area is 79.5 Å². The Morgan fingerprint density at radius 2 is 1.75 bits per heavy atom. The molecule has 68 valence electrons. The molecular formula is C9H15ClN2. The summed E-state index contributed by atoms with van der Waals surface area (Å²) in [6.07, 6.45) is 0. The first-order valence-electron chi connectivity index (χ1n) is 3.76. The van der Waals surface area contributed by atoms with Crippen LogP contribution >= 0.6 is 12.4 Å². The fourth-order valence-electron chi connectivity index (χ4n) is 0.951. The van der Waals surface area contributed by atoms with Crippen LogP contribution in [0.1, 0.15) is 24.1 Å². The number of nitrogens with one attached hydrogen (secondary N) is 1. The van der Waals surface area contributed by atoms with Gasteiger partial charge in [-0.1, -0.05) is 29.8 Å². The van der Waals surface area contributed by atoms with Crippen molar-refractivity contribution in [3.05, 3.63) is 35.4 Å². The molecule has 0 radical (unpaired) electrons. The molecule has 3 heteroatoms. The van der Waals surface area contributed by atoms with Crippen LogP contribution < -0.4 is 11.3 Å². The highest BCUT2D eigenvalue weighted by molar-refractivity contribution is 5.85. The number of benzene rings is 1. The highest BCUT2D eigenvalue weighted by Gasteiger charge is 1.99. The highest BCUT2D eigenvalue weighted by Crippen LogP contribution is 2.11. The van der Waals surface area contributed by atoms with Gasteiger partial charge < -0.3 is 0 Å². The summed E-state index contributed by atoms with van der Waals surface area (Å²) in [7, 11) is 0. The van der Waals surface area contributed by atoms with E-state index in [2.05, 4.69) is 36.6 Å². The fraction of sp³-hybridized carbons (Fsp3) is 0.333. The van der Waals surface area contributed by atoms with Crippen LogP contribution in [0.25, 0.3) is 0 Å². The number of hydrogen-bond donors (Lipinski definition) is 2. The van der Waals surface area contributed by atoms with E-state index >= 15 is 0 Å². The van der Waals surface area contributed by atoms with Crippen molar-refractivity contribution in [2.75, 3.05) is 0 Å². The minimum atomic E-state index is 0. The van der Waals surface area contributed by atoms with E-state index in [0.29, 0.717) is 0 Å². The zero-order valence-electron chi connectivity index (χ0n) is 7.37. The van der Waals surface area contributed by atoms with Crippen LogP contribution in [-0.2, 0) is 0 Å². The quantitative estimate of drug-likeness (QED) is 0.547. The van der Waals surface area contributed by atoms with Crippen LogP contribution in [0, 0.1) is 6.92 Å². The van der Waals surface area contributed by atoms with Crippen LogP contribution in [0.4, 0.5) is 0 Å². The van der Waals surface area contributed by atoms with Crippen molar-refractivity contribution in [3.63, 3.8) is 0 Å². The second-order valence-electron chi connectivity index (χ2n) is 2.80. The van der Waals surface area contributed by atoms with E-state index in [-0.39, 0.29) is 18.4 Å². The molecule has 0 saturated heterocycles. The van der Waals surface area contributed by atoms with E-state index in [1.54, 1.807) is 0 Å². The lowest BCUT2D eigenvalue weighted by molar-refractivity contribution is 0.602. The van der Waals surface area contributed by atoms with Crippen molar-refractivity contribution < 1.29 is 0 Å². The Morgan fingerprint density at radius 1 is 1.25 bits per heavy atom. The van der Waals surface area contributed by atoms with Crippen molar-refractivity contribution in [2.45, 2.75) is 19.9 Å². The first-order valence-corrected chi connectivity index (χ1v) is 3.76. The van der Waals surface area contributed by atoms with Gasteiger partial charge in [0.15, 0.2) is 0 Å². The van der Waals surface area contributed by atoms with Crippen LogP contribution in [0.15, 0.2) is 24.3 Å². The standard InChI is InChI=1S/C9H14N2.ClH/c1-7-3-5-9(6-4-7)8(2)11-10;/h3-6,8,11H,10H2,1-2H3;1H. The maximum atomic E-state index is 5.29.